The maximum atomic E-state index is 12.9. The molecule has 32 heavy (non-hydrogen) atoms. The number of aryl methyl sites for hydroxylation is 1. The van der Waals surface area contributed by atoms with Gasteiger partial charge in [-0.3, -0.25) is 9.36 Å². The lowest BCUT2D eigenvalue weighted by Gasteiger charge is -2.32. The lowest BCUT2D eigenvalue weighted by molar-refractivity contribution is -0.135. The number of carbonyl (C=O) groups excluding carboxylic acids is 1. The summed E-state index contributed by atoms with van der Waals surface area (Å²) in [5, 5.41) is 9.59. The molecule has 0 saturated carbocycles. The highest BCUT2D eigenvalue weighted by molar-refractivity contribution is 7.99. The van der Waals surface area contributed by atoms with E-state index in [4.69, 9.17) is 9.47 Å². The van der Waals surface area contributed by atoms with E-state index in [1.807, 2.05) is 45.9 Å². The fourth-order valence-corrected chi connectivity index (χ4v) is 4.56. The Morgan fingerprint density at radius 3 is 2.72 bits per heavy atom. The number of morpholine rings is 1. The second-order valence-corrected chi connectivity index (χ2v) is 8.65. The van der Waals surface area contributed by atoms with Gasteiger partial charge in [0.25, 0.3) is 0 Å². The van der Waals surface area contributed by atoms with Gasteiger partial charge in [0.2, 0.25) is 5.91 Å². The summed E-state index contributed by atoms with van der Waals surface area (Å²) in [7, 11) is 1.64. The van der Waals surface area contributed by atoms with E-state index in [1.165, 1.54) is 17.3 Å². The number of hydrogen-bond acceptors (Lipinski definition) is 6. The molecule has 4 rings (SSSR count). The number of aromatic nitrogens is 3. The summed E-state index contributed by atoms with van der Waals surface area (Å²) in [6.45, 7) is 6.00. The minimum atomic E-state index is 0.0917. The molecule has 7 nitrogen and oxygen atoms in total. The zero-order valence-electron chi connectivity index (χ0n) is 18.7. The molecule has 0 radical (unpaired) electrons. The van der Waals surface area contributed by atoms with Crippen LogP contribution >= 0.6 is 11.8 Å². The Kier molecular flexibility index (Phi) is 7.12. The van der Waals surface area contributed by atoms with Crippen LogP contribution in [0.3, 0.4) is 0 Å². The average molecular weight is 453 g/mol. The van der Waals surface area contributed by atoms with Crippen molar-refractivity contribution in [1.29, 1.82) is 0 Å². The normalized spacial score (nSPS) is 16.2. The van der Waals surface area contributed by atoms with Gasteiger partial charge in [-0.2, -0.15) is 0 Å². The Hall–Kier alpha value is -2.84. The van der Waals surface area contributed by atoms with Crippen LogP contribution in [0.2, 0.25) is 0 Å². The van der Waals surface area contributed by atoms with Gasteiger partial charge in [-0.25, -0.2) is 0 Å². The van der Waals surface area contributed by atoms with Gasteiger partial charge in [-0.1, -0.05) is 48.5 Å². The number of rotatable bonds is 7. The molecule has 1 unspecified atom stereocenters. The van der Waals surface area contributed by atoms with Gasteiger partial charge in [-0.15, -0.1) is 10.2 Å². The smallest absolute Gasteiger partial charge is 0.233 e. The third kappa shape index (κ3) is 4.81. The number of benzene rings is 2. The van der Waals surface area contributed by atoms with Gasteiger partial charge < -0.3 is 14.4 Å². The number of amides is 1. The van der Waals surface area contributed by atoms with Crippen molar-refractivity contribution in [2.45, 2.75) is 31.5 Å². The largest absolute Gasteiger partial charge is 0.496 e. The van der Waals surface area contributed by atoms with E-state index in [0.717, 1.165) is 23.4 Å². The quantitative estimate of drug-likeness (QED) is 0.505. The number of nitrogens with zero attached hydrogens (tertiary/aromatic N) is 4. The molecule has 3 aromatic rings. The number of hydrogen-bond donors (Lipinski definition) is 0. The van der Waals surface area contributed by atoms with Crippen molar-refractivity contribution in [1.82, 2.24) is 19.7 Å². The minimum Gasteiger partial charge on any atom is -0.496 e. The Bertz CT molecular complexity index is 1070. The van der Waals surface area contributed by atoms with Gasteiger partial charge in [0.15, 0.2) is 11.0 Å². The van der Waals surface area contributed by atoms with Crippen LogP contribution in [0.1, 0.15) is 18.9 Å². The molecule has 1 amide bonds. The highest BCUT2D eigenvalue weighted by Crippen LogP contribution is 2.33. The molecule has 2 aromatic carbocycles. The first-order chi connectivity index (χ1) is 15.6. The second-order valence-electron chi connectivity index (χ2n) is 7.71. The molecule has 2 heterocycles. The van der Waals surface area contributed by atoms with Crippen molar-refractivity contribution in [2.75, 3.05) is 32.6 Å². The third-order valence-electron chi connectivity index (χ3n) is 5.54. The summed E-state index contributed by atoms with van der Waals surface area (Å²) in [5.74, 6) is 1.79. The van der Waals surface area contributed by atoms with Crippen molar-refractivity contribution < 1.29 is 14.3 Å². The van der Waals surface area contributed by atoms with Gasteiger partial charge >= 0.3 is 0 Å². The van der Waals surface area contributed by atoms with E-state index in [1.54, 1.807) is 7.11 Å². The van der Waals surface area contributed by atoms with E-state index in [-0.39, 0.29) is 12.0 Å². The molecule has 168 valence electrons. The van der Waals surface area contributed by atoms with Gasteiger partial charge in [0.05, 0.1) is 31.1 Å². The van der Waals surface area contributed by atoms with Gasteiger partial charge in [-0.05, 0) is 37.6 Å². The number of carbonyl (C=O) groups is 1. The predicted molar refractivity (Wildman–Crippen MR) is 125 cm³/mol. The fraction of sp³-hybridized carbons (Fsp3) is 0.375. The Morgan fingerprint density at radius 2 is 1.97 bits per heavy atom. The molecule has 1 aromatic heterocycles. The first kappa shape index (κ1) is 22.4. The first-order valence-electron chi connectivity index (χ1n) is 10.8. The first-order valence-corrected chi connectivity index (χ1v) is 11.8. The van der Waals surface area contributed by atoms with Gasteiger partial charge in [0.1, 0.15) is 5.75 Å². The zero-order valence-corrected chi connectivity index (χ0v) is 19.5. The molecule has 1 atom stereocenters. The summed E-state index contributed by atoms with van der Waals surface area (Å²) in [6, 6.07) is 15.9. The lowest BCUT2D eigenvalue weighted by Crippen LogP contribution is -2.46. The van der Waals surface area contributed by atoms with Crippen LogP contribution in [0, 0.1) is 6.92 Å². The Labute approximate surface area is 192 Å². The average Bonchev–Trinajstić information content (AvgIpc) is 3.26. The number of ether oxygens (including phenoxy) is 2. The van der Waals surface area contributed by atoms with Crippen molar-refractivity contribution >= 4 is 17.7 Å². The Morgan fingerprint density at radius 1 is 1.19 bits per heavy atom. The molecule has 8 heteroatoms. The standard InChI is InChI=1S/C24H28N4O3S/c1-4-19-15-27(13-14-31-19)22(29)16-32-24-26-25-23(20-7-5-6-8-21(20)30-3)28(24)18-11-9-17(2)10-12-18/h5-12,19H,4,13-16H2,1-3H3. The highest BCUT2D eigenvalue weighted by Gasteiger charge is 2.25. The van der Waals surface area contributed by atoms with E-state index < -0.39 is 0 Å². The van der Waals surface area contributed by atoms with Crippen LogP contribution in [0.4, 0.5) is 0 Å². The van der Waals surface area contributed by atoms with Crippen LogP contribution < -0.4 is 4.74 Å². The molecular formula is C24H28N4O3S. The predicted octanol–water partition coefficient (Wildman–Crippen LogP) is 3.98. The topological polar surface area (TPSA) is 69.5 Å². The number of methoxy groups -OCH3 is 1. The van der Waals surface area contributed by atoms with Crippen LogP contribution in [0.15, 0.2) is 53.7 Å². The van der Waals surface area contributed by atoms with Crippen LogP contribution in [-0.2, 0) is 9.53 Å². The van der Waals surface area contributed by atoms with Gasteiger partial charge in [0, 0.05) is 18.8 Å². The SMILES string of the molecule is CCC1CN(C(=O)CSc2nnc(-c3ccccc3OC)n2-c2ccc(C)cc2)CCO1. The van der Waals surface area contributed by atoms with E-state index in [0.29, 0.717) is 36.4 Å². The van der Waals surface area contributed by atoms with E-state index in [2.05, 4.69) is 36.2 Å². The summed E-state index contributed by atoms with van der Waals surface area (Å²) in [4.78, 5) is 14.8. The summed E-state index contributed by atoms with van der Waals surface area (Å²) in [5.41, 5.74) is 2.96. The molecule has 1 fully saturated rings. The highest BCUT2D eigenvalue weighted by atomic mass is 32.2. The molecular weight excluding hydrogens is 424 g/mol. The Balaban J connectivity index is 1.63. The molecule has 0 N–H and O–H groups in total. The minimum absolute atomic E-state index is 0.0917. The maximum absolute atomic E-state index is 12.9. The number of para-hydroxylation sites is 1. The van der Waals surface area contributed by atoms with Crippen LogP contribution in [-0.4, -0.2) is 64.2 Å². The summed E-state index contributed by atoms with van der Waals surface area (Å²) in [6.07, 6.45) is 1.02. The van der Waals surface area contributed by atoms with Crippen LogP contribution in [0.25, 0.3) is 17.1 Å². The third-order valence-corrected chi connectivity index (χ3v) is 6.46. The maximum Gasteiger partial charge on any atom is 0.233 e. The van der Waals surface area contributed by atoms with E-state index >= 15 is 0 Å². The molecule has 0 aliphatic carbocycles. The van der Waals surface area contributed by atoms with Crippen molar-refractivity contribution in [3.63, 3.8) is 0 Å². The summed E-state index contributed by atoms with van der Waals surface area (Å²) < 4.78 is 13.2. The fourth-order valence-electron chi connectivity index (χ4n) is 3.70. The monoisotopic (exact) mass is 452 g/mol. The zero-order chi connectivity index (χ0) is 22.5. The second kappa shape index (κ2) is 10.2. The van der Waals surface area contributed by atoms with E-state index in [9.17, 15) is 4.79 Å². The van der Waals surface area contributed by atoms with Crippen LogP contribution in [0.5, 0.6) is 5.75 Å². The molecule has 0 spiro atoms. The van der Waals surface area contributed by atoms with Crippen molar-refractivity contribution in [2.24, 2.45) is 0 Å². The molecule has 1 saturated heterocycles. The van der Waals surface area contributed by atoms with Crippen molar-refractivity contribution in [3.05, 3.63) is 54.1 Å². The lowest BCUT2D eigenvalue weighted by atomic mass is 10.1. The molecule has 1 aliphatic heterocycles. The summed E-state index contributed by atoms with van der Waals surface area (Å²) >= 11 is 1.40. The van der Waals surface area contributed by atoms with Crippen molar-refractivity contribution in [3.8, 4) is 22.8 Å². The number of thioether (sulfide) groups is 1. The molecule has 1 aliphatic rings. The molecule has 0 bridgehead atoms.